The fourth-order valence-electron chi connectivity index (χ4n) is 5.95. The van der Waals surface area contributed by atoms with E-state index in [0.717, 1.165) is 31.2 Å². The van der Waals surface area contributed by atoms with Crippen molar-refractivity contribution in [3.05, 3.63) is 71.3 Å². The van der Waals surface area contributed by atoms with Crippen LogP contribution in [0.5, 0.6) is 0 Å². The van der Waals surface area contributed by atoms with Gasteiger partial charge in [0.1, 0.15) is 6.04 Å². The molecule has 1 aliphatic carbocycles. The predicted octanol–water partition coefficient (Wildman–Crippen LogP) is 4.26. The van der Waals surface area contributed by atoms with Gasteiger partial charge in [-0.25, -0.2) is 0 Å². The van der Waals surface area contributed by atoms with Crippen LogP contribution in [0.3, 0.4) is 0 Å². The lowest BCUT2D eigenvalue weighted by Gasteiger charge is -2.41. The summed E-state index contributed by atoms with van der Waals surface area (Å²) in [7, 11) is 0. The number of nitrogens with two attached hydrogens (primary N) is 1. The van der Waals surface area contributed by atoms with Crippen LogP contribution in [0.25, 0.3) is 0 Å². The highest BCUT2D eigenvalue weighted by Crippen LogP contribution is 2.52. The van der Waals surface area contributed by atoms with Crippen LogP contribution in [0.2, 0.25) is 0 Å². The van der Waals surface area contributed by atoms with E-state index in [2.05, 4.69) is 23.5 Å². The summed E-state index contributed by atoms with van der Waals surface area (Å²) < 4.78 is 5.39. The minimum atomic E-state index is -1.07. The number of halogens is 1. The second kappa shape index (κ2) is 13.0. The van der Waals surface area contributed by atoms with Crippen LogP contribution in [-0.2, 0) is 31.0 Å². The number of hydrogen-bond acceptors (Lipinski definition) is 5. The Hall–Kier alpha value is -2.90. The van der Waals surface area contributed by atoms with Crippen molar-refractivity contribution in [2.75, 3.05) is 19.7 Å². The number of piperidine rings is 1. The lowest BCUT2D eigenvalue weighted by Crippen LogP contribution is -2.57. The lowest BCUT2D eigenvalue weighted by molar-refractivity contribution is -0.145. The van der Waals surface area contributed by atoms with Gasteiger partial charge in [0.05, 0.1) is 18.1 Å². The fourth-order valence-corrected chi connectivity index (χ4v) is 5.95. The number of likely N-dealkylation sites (tertiary alicyclic amines) is 1. The summed E-state index contributed by atoms with van der Waals surface area (Å²) in [5, 5.41) is 2.94. The summed E-state index contributed by atoms with van der Waals surface area (Å²) in [5.41, 5.74) is 8.30. The molecule has 212 valence electrons. The summed E-state index contributed by atoms with van der Waals surface area (Å²) in [4.78, 5) is 41.1. The Morgan fingerprint density at radius 2 is 1.72 bits per heavy atom. The maximum atomic E-state index is 13.7. The molecular formula is C31H42ClN3O4. The number of fused-ring (bicyclic) bond motifs is 2. The molecule has 2 atom stereocenters. The second-order valence-corrected chi connectivity index (χ2v) is 11.3. The number of carbonyl (C=O) groups excluding carboxylic acids is 3. The van der Waals surface area contributed by atoms with Crippen LogP contribution < -0.4 is 11.1 Å². The molecule has 0 saturated carbocycles. The number of ether oxygens (including phenoxy) is 1. The van der Waals surface area contributed by atoms with Gasteiger partial charge in [0.15, 0.2) is 0 Å². The summed E-state index contributed by atoms with van der Waals surface area (Å²) >= 11 is 0. The van der Waals surface area contributed by atoms with E-state index in [-0.39, 0.29) is 41.5 Å². The largest absolute Gasteiger partial charge is 0.466 e. The molecule has 1 aliphatic heterocycles. The predicted molar refractivity (Wildman–Crippen MR) is 155 cm³/mol. The van der Waals surface area contributed by atoms with Gasteiger partial charge in [0, 0.05) is 18.5 Å². The maximum Gasteiger partial charge on any atom is 0.313 e. The average molecular weight is 556 g/mol. The van der Waals surface area contributed by atoms with Crippen molar-refractivity contribution in [2.24, 2.45) is 5.73 Å². The topological polar surface area (TPSA) is 102 Å². The van der Waals surface area contributed by atoms with Crippen LogP contribution in [0, 0.1) is 0 Å². The lowest BCUT2D eigenvalue weighted by atomic mass is 9.73. The molecule has 3 N–H and O–H groups in total. The van der Waals surface area contributed by atoms with Crippen LogP contribution in [0.1, 0.15) is 75.5 Å². The number of carbonyl (C=O) groups is 3. The number of nitrogens with zero attached hydrogens (tertiary/aromatic N) is 1. The molecule has 2 aromatic carbocycles. The third kappa shape index (κ3) is 7.00. The zero-order chi connectivity index (χ0) is 27.3. The third-order valence-corrected chi connectivity index (χ3v) is 8.10. The SMILES string of the molecule is CCOC(=O)[C@H]1CC2(CCN(C(=O)[C@@H](CCCc3ccccc3)NC(=O)C(C)(C)N)CC2)c2ccccc21.Cl. The van der Waals surface area contributed by atoms with E-state index in [9.17, 15) is 14.4 Å². The van der Waals surface area contributed by atoms with Gasteiger partial charge in [-0.05, 0) is 76.0 Å². The van der Waals surface area contributed by atoms with Crippen LogP contribution in [-0.4, -0.2) is 54.0 Å². The van der Waals surface area contributed by atoms with Crippen molar-refractivity contribution < 1.29 is 19.1 Å². The summed E-state index contributed by atoms with van der Waals surface area (Å²) in [5.74, 6) is -0.809. The monoisotopic (exact) mass is 555 g/mol. The first-order valence-electron chi connectivity index (χ1n) is 13.8. The van der Waals surface area contributed by atoms with Gasteiger partial charge in [-0.15, -0.1) is 12.4 Å². The molecule has 1 heterocycles. The van der Waals surface area contributed by atoms with Crippen LogP contribution in [0.4, 0.5) is 0 Å². The standard InChI is InChI=1S/C31H41N3O4.ClH/c1-4-38-28(36)24-21-31(25-15-9-8-14-23(24)25)17-19-34(20-18-31)27(35)26(33-29(37)30(2,3)32)16-10-13-22-11-6-5-7-12-22;/h5-9,11-12,14-15,24,26H,4,10,13,16-21,32H2,1-3H3,(H,33,37);1H/t24-,26+;/m0./s1. The molecule has 4 rings (SSSR count). The molecule has 2 aromatic rings. The molecule has 2 amide bonds. The van der Waals surface area contributed by atoms with E-state index in [1.807, 2.05) is 48.2 Å². The van der Waals surface area contributed by atoms with Crippen molar-refractivity contribution in [3.8, 4) is 0 Å². The number of aryl methyl sites for hydroxylation is 1. The molecule has 39 heavy (non-hydrogen) atoms. The van der Waals surface area contributed by atoms with Crippen LogP contribution in [0.15, 0.2) is 54.6 Å². The molecular weight excluding hydrogens is 514 g/mol. The number of hydrogen-bond donors (Lipinski definition) is 2. The van der Waals surface area contributed by atoms with E-state index < -0.39 is 11.6 Å². The Morgan fingerprint density at radius 3 is 2.36 bits per heavy atom. The summed E-state index contributed by atoms with van der Waals surface area (Å²) in [6.07, 6.45) is 4.42. The average Bonchev–Trinajstić information content (AvgIpc) is 3.22. The Balaban J connectivity index is 0.00000420. The fraction of sp³-hybridized carbons (Fsp3) is 0.516. The highest BCUT2D eigenvalue weighted by atomic mass is 35.5. The van der Waals surface area contributed by atoms with Gasteiger partial charge in [0.25, 0.3) is 0 Å². The van der Waals surface area contributed by atoms with Crippen LogP contribution >= 0.6 is 12.4 Å². The van der Waals surface area contributed by atoms with E-state index in [4.69, 9.17) is 10.5 Å². The Labute approximate surface area is 238 Å². The Morgan fingerprint density at radius 1 is 1.08 bits per heavy atom. The number of amides is 2. The van der Waals surface area contributed by atoms with Gasteiger partial charge in [-0.1, -0.05) is 54.6 Å². The number of benzene rings is 2. The zero-order valence-electron chi connectivity index (χ0n) is 23.3. The van der Waals surface area contributed by atoms with Crippen molar-refractivity contribution >= 4 is 30.2 Å². The number of esters is 1. The first-order chi connectivity index (χ1) is 18.1. The van der Waals surface area contributed by atoms with E-state index in [1.54, 1.807) is 13.8 Å². The third-order valence-electron chi connectivity index (χ3n) is 8.10. The minimum Gasteiger partial charge on any atom is -0.466 e. The molecule has 0 aromatic heterocycles. The smallest absolute Gasteiger partial charge is 0.313 e. The summed E-state index contributed by atoms with van der Waals surface area (Å²) in [6, 6.07) is 17.7. The molecule has 1 spiro atoms. The van der Waals surface area contributed by atoms with Gasteiger partial charge in [-0.3, -0.25) is 14.4 Å². The maximum absolute atomic E-state index is 13.7. The number of nitrogens with one attached hydrogen (secondary N) is 1. The van der Waals surface area contributed by atoms with Gasteiger partial charge in [-0.2, -0.15) is 0 Å². The molecule has 0 bridgehead atoms. The molecule has 1 fully saturated rings. The van der Waals surface area contributed by atoms with Crippen molar-refractivity contribution in [2.45, 2.75) is 82.2 Å². The van der Waals surface area contributed by atoms with Gasteiger partial charge < -0.3 is 20.7 Å². The first-order valence-corrected chi connectivity index (χ1v) is 13.8. The van der Waals surface area contributed by atoms with Gasteiger partial charge >= 0.3 is 5.97 Å². The molecule has 1 saturated heterocycles. The zero-order valence-corrected chi connectivity index (χ0v) is 24.1. The molecule has 8 heteroatoms. The quantitative estimate of drug-likeness (QED) is 0.450. The highest BCUT2D eigenvalue weighted by molar-refractivity contribution is 5.91. The highest BCUT2D eigenvalue weighted by Gasteiger charge is 2.48. The van der Waals surface area contributed by atoms with Crippen molar-refractivity contribution in [1.82, 2.24) is 10.2 Å². The molecule has 0 unspecified atom stereocenters. The molecule has 0 radical (unpaired) electrons. The second-order valence-electron chi connectivity index (χ2n) is 11.3. The minimum absolute atomic E-state index is 0. The van der Waals surface area contributed by atoms with Gasteiger partial charge in [0.2, 0.25) is 11.8 Å². The van der Waals surface area contributed by atoms with E-state index in [0.29, 0.717) is 32.5 Å². The van der Waals surface area contributed by atoms with Crippen molar-refractivity contribution in [3.63, 3.8) is 0 Å². The number of rotatable bonds is 9. The van der Waals surface area contributed by atoms with Crippen molar-refractivity contribution in [1.29, 1.82) is 0 Å². The normalized spacial score (nSPS) is 18.6. The Kier molecular flexibility index (Phi) is 10.2. The summed E-state index contributed by atoms with van der Waals surface area (Å²) in [6.45, 7) is 6.66. The first kappa shape index (κ1) is 30.6. The Bertz CT molecular complexity index is 1140. The molecule has 2 aliphatic rings. The van der Waals surface area contributed by atoms with E-state index >= 15 is 0 Å². The molecule has 7 nitrogen and oxygen atoms in total. The van der Waals surface area contributed by atoms with E-state index in [1.165, 1.54) is 11.1 Å².